The number of rotatable bonds is 8. The van der Waals surface area contributed by atoms with Gasteiger partial charge in [-0.05, 0) is 92.1 Å². The van der Waals surface area contributed by atoms with Crippen molar-refractivity contribution in [2.24, 2.45) is 23.2 Å². The van der Waals surface area contributed by atoms with Gasteiger partial charge in [-0.15, -0.1) is 0 Å². The Hall–Kier alpha value is -1.95. The maximum atomic E-state index is 11.2. The van der Waals surface area contributed by atoms with E-state index in [1.54, 1.807) is 0 Å². The fourth-order valence-corrected chi connectivity index (χ4v) is 8.02. The van der Waals surface area contributed by atoms with Gasteiger partial charge in [-0.2, -0.15) is 0 Å². The van der Waals surface area contributed by atoms with Gasteiger partial charge in [0.1, 0.15) is 5.82 Å². The van der Waals surface area contributed by atoms with Crippen LogP contribution in [-0.2, 0) is 11.8 Å². The Bertz CT molecular complexity index is 1110. The molecule has 0 spiro atoms. The predicted molar refractivity (Wildman–Crippen MR) is 153 cm³/mol. The highest BCUT2D eigenvalue weighted by atomic mass is 16.3. The second-order valence-corrected chi connectivity index (χ2v) is 13.0. The van der Waals surface area contributed by atoms with Crippen LogP contribution in [0.25, 0.3) is 0 Å². The van der Waals surface area contributed by atoms with E-state index in [9.17, 15) is 15.3 Å². The first-order chi connectivity index (χ1) is 18.2. The van der Waals surface area contributed by atoms with Crippen LogP contribution in [0.4, 0.5) is 0 Å². The van der Waals surface area contributed by atoms with Gasteiger partial charge in [-0.25, -0.2) is 4.98 Å². The van der Waals surface area contributed by atoms with E-state index in [0.29, 0.717) is 30.6 Å². The second kappa shape index (κ2) is 10.9. The smallest absolute Gasteiger partial charge is 0.115 e. The summed E-state index contributed by atoms with van der Waals surface area (Å²) in [6, 6.07) is 0. The maximum Gasteiger partial charge on any atom is 0.115 e. The molecule has 5 rings (SSSR count). The lowest BCUT2D eigenvalue weighted by Crippen LogP contribution is -2.35. The van der Waals surface area contributed by atoms with Crippen LogP contribution in [0.5, 0.6) is 0 Å². The molecule has 0 aliphatic heterocycles. The number of allylic oxidation sites excluding steroid dienone is 4. The fraction of sp³-hybridized carbons (Fsp3) is 0.667. The molecule has 38 heavy (non-hydrogen) atoms. The summed E-state index contributed by atoms with van der Waals surface area (Å²) < 4.78 is 0. The minimum atomic E-state index is -0.639. The number of fused-ring (bicyclic) bond motifs is 1. The van der Waals surface area contributed by atoms with Crippen LogP contribution in [0.3, 0.4) is 0 Å². The molecule has 4 N–H and O–H groups in total. The lowest BCUT2D eigenvalue weighted by Gasteiger charge is -2.44. The molecule has 1 heterocycles. The summed E-state index contributed by atoms with van der Waals surface area (Å²) in [6.07, 6.45) is 20.1. The van der Waals surface area contributed by atoms with Crippen LogP contribution < -0.4 is 0 Å². The quantitative estimate of drug-likeness (QED) is 0.312. The van der Waals surface area contributed by atoms with Gasteiger partial charge in [0, 0.05) is 18.3 Å². The van der Waals surface area contributed by atoms with E-state index in [4.69, 9.17) is 0 Å². The van der Waals surface area contributed by atoms with Crippen molar-refractivity contribution in [1.29, 1.82) is 0 Å². The highest BCUT2D eigenvalue weighted by Gasteiger charge is 2.53. The molecule has 4 fully saturated rings. The molecule has 0 aromatic carbocycles. The van der Waals surface area contributed by atoms with Crippen molar-refractivity contribution >= 4 is 0 Å². The number of nitrogens with zero attached hydrogens (tertiary/aromatic N) is 1. The lowest BCUT2D eigenvalue weighted by molar-refractivity contribution is 0.0862. The van der Waals surface area contributed by atoms with Crippen LogP contribution in [0.1, 0.15) is 96.5 Å². The van der Waals surface area contributed by atoms with Gasteiger partial charge in [0.15, 0.2) is 0 Å². The summed E-state index contributed by atoms with van der Waals surface area (Å²) in [6.45, 7) is 11.1. The number of aliphatic hydroxyl groups is 3. The number of aromatic nitrogens is 2. The number of aliphatic hydroxyl groups excluding tert-OH is 3. The number of aromatic amines is 1. The topological polar surface area (TPSA) is 89.4 Å². The zero-order valence-electron chi connectivity index (χ0n) is 23.6. The molecule has 4 aliphatic rings. The highest BCUT2D eigenvalue weighted by molar-refractivity contribution is 5.39. The number of nitrogens with one attached hydrogen (secondary N) is 1. The molecule has 1 aromatic heterocycles. The Morgan fingerprint density at radius 1 is 1.18 bits per heavy atom. The van der Waals surface area contributed by atoms with E-state index in [1.807, 2.05) is 6.20 Å². The summed E-state index contributed by atoms with van der Waals surface area (Å²) in [5.41, 5.74) is 4.46. The predicted octanol–water partition coefficient (Wildman–Crippen LogP) is 6.09. The van der Waals surface area contributed by atoms with Crippen LogP contribution in [-0.4, -0.2) is 43.6 Å². The van der Waals surface area contributed by atoms with Crippen LogP contribution in [0.2, 0.25) is 0 Å². The Morgan fingerprint density at radius 2 is 1.97 bits per heavy atom. The molecule has 0 unspecified atom stereocenters. The number of hydrogen-bond acceptors (Lipinski definition) is 4. The third kappa shape index (κ3) is 5.14. The molecule has 1 aromatic rings. The number of imidazole rings is 1. The van der Waals surface area contributed by atoms with Crippen LogP contribution in [0, 0.1) is 23.2 Å². The van der Waals surface area contributed by atoms with Crippen molar-refractivity contribution in [3.8, 4) is 0 Å². The standard InChI is InChI=1S/C33H48N2O3/c1-5-7-25-20-34-31(35-25)33(16-17-33)30(38)14-9-21(2)27-12-13-28-23(8-6-15-32(27,28)4)10-11-24-18-26(36)19-29(37)22(24)3/h9-11,14,20-21,26-30,36-38H,3,5-8,12-13,15-19H2,1-2,4H3,(H,34,35)/t21-,26-,27-,28+,29+,30+,32-/m1/s1. The molecule has 0 bridgehead atoms. The summed E-state index contributed by atoms with van der Waals surface area (Å²) in [4.78, 5) is 8.12. The van der Waals surface area contributed by atoms with Crippen molar-refractivity contribution in [1.82, 2.24) is 9.97 Å². The third-order valence-corrected chi connectivity index (χ3v) is 10.5. The summed E-state index contributed by atoms with van der Waals surface area (Å²) in [5, 5.41) is 31.6. The molecule has 5 nitrogen and oxygen atoms in total. The van der Waals surface area contributed by atoms with Gasteiger partial charge in [-0.1, -0.05) is 63.6 Å². The summed E-state index contributed by atoms with van der Waals surface area (Å²) in [7, 11) is 0. The Morgan fingerprint density at radius 3 is 2.71 bits per heavy atom. The fourth-order valence-electron chi connectivity index (χ4n) is 8.02. The zero-order chi connectivity index (χ0) is 27.1. The van der Waals surface area contributed by atoms with Gasteiger partial charge in [0.05, 0.1) is 23.7 Å². The van der Waals surface area contributed by atoms with Crippen LogP contribution in [0.15, 0.2) is 53.8 Å². The van der Waals surface area contributed by atoms with Gasteiger partial charge in [0.2, 0.25) is 0 Å². The van der Waals surface area contributed by atoms with E-state index in [2.05, 4.69) is 61.6 Å². The Kier molecular flexibility index (Phi) is 7.92. The van der Waals surface area contributed by atoms with Gasteiger partial charge in [-0.3, -0.25) is 0 Å². The Balaban J connectivity index is 1.27. The van der Waals surface area contributed by atoms with Crippen molar-refractivity contribution in [2.45, 2.75) is 115 Å². The van der Waals surface area contributed by atoms with Crippen molar-refractivity contribution < 1.29 is 15.3 Å². The first-order valence-corrected chi connectivity index (χ1v) is 15.0. The highest BCUT2D eigenvalue weighted by Crippen LogP contribution is 2.59. The van der Waals surface area contributed by atoms with Gasteiger partial charge < -0.3 is 20.3 Å². The average molecular weight is 521 g/mol. The molecule has 7 atom stereocenters. The summed E-state index contributed by atoms with van der Waals surface area (Å²) >= 11 is 0. The van der Waals surface area contributed by atoms with Crippen molar-refractivity contribution in [2.75, 3.05) is 0 Å². The maximum absolute atomic E-state index is 11.2. The third-order valence-electron chi connectivity index (χ3n) is 10.5. The SMILES string of the molecule is C=C1C(=CC=C2CCC[C@]3(C)[C@@H]([C@H](C)C=C[C@H](O)C4(c5ncc(CCC)[nH]5)CC4)CC[C@@H]23)C[C@@H](O)C[C@@H]1O. The van der Waals surface area contributed by atoms with E-state index in [-0.39, 0.29) is 10.8 Å². The van der Waals surface area contributed by atoms with Gasteiger partial charge >= 0.3 is 0 Å². The minimum Gasteiger partial charge on any atom is -0.393 e. The Labute approximate surface area is 228 Å². The molecule has 4 saturated carbocycles. The largest absolute Gasteiger partial charge is 0.393 e. The van der Waals surface area contributed by atoms with E-state index >= 15 is 0 Å². The van der Waals surface area contributed by atoms with E-state index < -0.39 is 18.3 Å². The monoisotopic (exact) mass is 520 g/mol. The first-order valence-electron chi connectivity index (χ1n) is 15.0. The number of hydrogen-bond donors (Lipinski definition) is 4. The lowest BCUT2D eigenvalue weighted by atomic mass is 9.61. The summed E-state index contributed by atoms with van der Waals surface area (Å²) in [5.74, 6) is 2.52. The molecule has 0 radical (unpaired) electrons. The number of H-pyrrole nitrogens is 1. The molecular weight excluding hydrogens is 472 g/mol. The molecule has 0 saturated heterocycles. The van der Waals surface area contributed by atoms with E-state index in [0.717, 1.165) is 49.1 Å². The zero-order valence-corrected chi connectivity index (χ0v) is 23.6. The second-order valence-electron chi connectivity index (χ2n) is 13.0. The van der Waals surface area contributed by atoms with E-state index in [1.165, 1.54) is 37.0 Å². The first kappa shape index (κ1) is 27.6. The minimum absolute atomic E-state index is 0.233. The molecule has 0 amide bonds. The number of aryl methyl sites for hydroxylation is 1. The molecule has 5 heteroatoms. The molecular formula is C33H48N2O3. The van der Waals surface area contributed by atoms with Crippen molar-refractivity contribution in [3.05, 3.63) is 65.3 Å². The normalized spacial score (nSPS) is 36.6. The van der Waals surface area contributed by atoms with Crippen molar-refractivity contribution in [3.63, 3.8) is 0 Å². The molecule has 208 valence electrons. The molecule has 4 aliphatic carbocycles. The average Bonchev–Trinajstić information content (AvgIpc) is 3.42. The van der Waals surface area contributed by atoms with Gasteiger partial charge in [0.25, 0.3) is 0 Å². The van der Waals surface area contributed by atoms with Crippen LogP contribution >= 0.6 is 0 Å².